The molecule has 0 radical (unpaired) electrons. The highest BCUT2D eigenvalue weighted by atomic mass is 32.2. The second-order valence-corrected chi connectivity index (χ2v) is 5.28. The zero-order chi connectivity index (χ0) is 14.8. The van der Waals surface area contributed by atoms with E-state index in [1.54, 1.807) is 17.0 Å². The Hall–Kier alpha value is -2.34. The zero-order valence-electron chi connectivity index (χ0n) is 11.7. The predicted octanol–water partition coefficient (Wildman–Crippen LogP) is 3.05. The fourth-order valence-corrected chi connectivity index (χ4v) is 2.61. The minimum Gasteiger partial charge on any atom is -0.507 e. The molecule has 5 nitrogen and oxygen atoms in total. The maximum absolute atomic E-state index is 10.1. The average Bonchev–Trinajstić information content (AvgIpc) is 2.86. The van der Waals surface area contributed by atoms with Gasteiger partial charge in [0.05, 0.1) is 6.21 Å². The smallest absolute Gasteiger partial charge is 0.211 e. The number of aromatic hydroxyl groups is 1. The largest absolute Gasteiger partial charge is 0.507 e. The second-order valence-electron chi connectivity index (χ2n) is 4.51. The molecule has 2 aromatic carbocycles. The minimum absolute atomic E-state index is 0.203. The van der Waals surface area contributed by atoms with Crippen LogP contribution in [0.4, 0.5) is 0 Å². The van der Waals surface area contributed by atoms with Crippen LogP contribution in [0.5, 0.6) is 5.75 Å². The summed E-state index contributed by atoms with van der Waals surface area (Å²) in [4.78, 5) is 0. The Balaban J connectivity index is 2.11. The molecule has 0 aliphatic rings. The first-order chi connectivity index (χ1) is 10.2. The Morgan fingerprint density at radius 2 is 2.00 bits per heavy atom. The Kier molecular flexibility index (Phi) is 3.62. The number of fused-ring (bicyclic) bond motifs is 1. The van der Waals surface area contributed by atoms with E-state index in [2.05, 4.69) is 15.3 Å². The van der Waals surface area contributed by atoms with Crippen molar-refractivity contribution in [3.8, 4) is 5.75 Å². The van der Waals surface area contributed by atoms with Crippen LogP contribution in [-0.2, 0) is 0 Å². The summed E-state index contributed by atoms with van der Waals surface area (Å²) in [6.07, 6.45) is 3.57. The molecule has 6 heteroatoms. The number of aryl methyl sites for hydroxylation is 1. The van der Waals surface area contributed by atoms with Crippen LogP contribution in [0.15, 0.2) is 46.7 Å². The third-order valence-electron chi connectivity index (χ3n) is 3.20. The fourth-order valence-electron chi connectivity index (χ4n) is 2.13. The van der Waals surface area contributed by atoms with Crippen molar-refractivity contribution in [1.82, 2.24) is 14.9 Å². The summed E-state index contributed by atoms with van der Waals surface area (Å²) in [5, 5.41) is 25.3. The molecule has 1 aromatic heterocycles. The Bertz CT molecular complexity index is 826. The van der Waals surface area contributed by atoms with Crippen molar-refractivity contribution in [1.29, 1.82) is 0 Å². The number of phenolic OH excluding ortho intramolecular Hbond substituents is 1. The third-order valence-corrected chi connectivity index (χ3v) is 3.82. The number of rotatable bonds is 3. The maximum atomic E-state index is 10.1. The molecular formula is C15H14N4OS. The average molecular weight is 298 g/mol. The van der Waals surface area contributed by atoms with Gasteiger partial charge in [-0.1, -0.05) is 42.1 Å². The molecule has 0 fully saturated rings. The van der Waals surface area contributed by atoms with E-state index in [1.165, 1.54) is 11.8 Å². The van der Waals surface area contributed by atoms with Crippen molar-refractivity contribution in [3.05, 3.63) is 47.8 Å². The summed E-state index contributed by atoms with van der Waals surface area (Å²) in [7, 11) is 0. The van der Waals surface area contributed by atoms with Gasteiger partial charge in [0.25, 0.3) is 0 Å². The monoisotopic (exact) mass is 298 g/mol. The first-order valence-electron chi connectivity index (χ1n) is 6.42. The van der Waals surface area contributed by atoms with Crippen molar-refractivity contribution in [3.63, 3.8) is 0 Å². The van der Waals surface area contributed by atoms with Gasteiger partial charge in [0.1, 0.15) is 5.75 Å². The molecule has 0 unspecified atom stereocenters. The van der Waals surface area contributed by atoms with Gasteiger partial charge >= 0.3 is 0 Å². The number of thioether (sulfide) groups is 1. The molecule has 3 aromatic rings. The van der Waals surface area contributed by atoms with Crippen LogP contribution < -0.4 is 0 Å². The summed E-state index contributed by atoms with van der Waals surface area (Å²) < 4.78 is 1.66. The van der Waals surface area contributed by atoms with Crippen LogP contribution in [0.25, 0.3) is 10.8 Å². The predicted molar refractivity (Wildman–Crippen MR) is 85.1 cm³/mol. The maximum Gasteiger partial charge on any atom is 0.211 e. The normalized spacial score (nSPS) is 11.5. The molecule has 21 heavy (non-hydrogen) atoms. The first kappa shape index (κ1) is 13.6. The Morgan fingerprint density at radius 1 is 1.19 bits per heavy atom. The SMILES string of the molecule is CSc1nnc(C)n1/N=C\c1c(O)ccc2ccccc12. The summed E-state index contributed by atoms with van der Waals surface area (Å²) in [5.41, 5.74) is 0.688. The lowest BCUT2D eigenvalue weighted by Gasteiger charge is -2.05. The lowest BCUT2D eigenvalue weighted by molar-refractivity contribution is 0.475. The van der Waals surface area contributed by atoms with E-state index < -0.39 is 0 Å². The number of hydrogen-bond acceptors (Lipinski definition) is 5. The quantitative estimate of drug-likeness (QED) is 0.596. The van der Waals surface area contributed by atoms with Crippen molar-refractivity contribution in [2.24, 2.45) is 5.10 Å². The van der Waals surface area contributed by atoms with Crippen LogP contribution in [0.3, 0.4) is 0 Å². The van der Waals surface area contributed by atoms with Gasteiger partial charge in [-0.2, -0.15) is 9.78 Å². The molecule has 0 aliphatic heterocycles. The molecule has 0 amide bonds. The highest BCUT2D eigenvalue weighted by Gasteiger charge is 2.08. The van der Waals surface area contributed by atoms with Gasteiger partial charge < -0.3 is 5.11 Å². The molecule has 0 atom stereocenters. The van der Waals surface area contributed by atoms with Crippen molar-refractivity contribution < 1.29 is 5.11 Å². The standard InChI is InChI=1S/C15H14N4OS/c1-10-17-18-15(21-2)19(10)16-9-13-12-6-4-3-5-11(12)7-8-14(13)20/h3-9,20H,1-2H3/b16-9-. The number of benzene rings is 2. The number of phenols is 1. The molecule has 0 saturated heterocycles. The summed E-state index contributed by atoms with van der Waals surface area (Å²) in [6, 6.07) is 11.4. The van der Waals surface area contributed by atoms with Crippen molar-refractivity contribution >= 4 is 28.7 Å². The molecular weight excluding hydrogens is 284 g/mol. The van der Waals surface area contributed by atoms with E-state index in [1.807, 2.05) is 43.5 Å². The summed E-state index contributed by atoms with van der Waals surface area (Å²) >= 11 is 1.47. The molecule has 1 heterocycles. The fraction of sp³-hybridized carbons (Fsp3) is 0.133. The van der Waals surface area contributed by atoms with Gasteiger partial charge in [-0.05, 0) is 30.0 Å². The van der Waals surface area contributed by atoms with Gasteiger partial charge in [0.2, 0.25) is 5.16 Å². The van der Waals surface area contributed by atoms with E-state index in [9.17, 15) is 5.11 Å². The highest BCUT2D eigenvalue weighted by molar-refractivity contribution is 7.98. The third kappa shape index (κ3) is 2.50. The molecule has 3 rings (SSSR count). The number of nitrogens with zero attached hydrogens (tertiary/aromatic N) is 4. The van der Waals surface area contributed by atoms with Gasteiger partial charge in [-0.15, -0.1) is 10.2 Å². The van der Waals surface area contributed by atoms with Gasteiger partial charge in [-0.3, -0.25) is 0 Å². The molecule has 1 N–H and O–H groups in total. The van der Waals surface area contributed by atoms with Crippen molar-refractivity contribution in [2.75, 3.05) is 6.26 Å². The Morgan fingerprint density at radius 3 is 2.81 bits per heavy atom. The second kappa shape index (κ2) is 5.57. The van der Waals surface area contributed by atoms with E-state index >= 15 is 0 Å². The van der Waals surface area contributed by atoms with Crippen LogP contribution in [-0.4, -0.2) is 32.5 Å². The Labute approximate surface area is 126 Å². The molecule has 0 bridgehead atoms. The first-order valence-corrected chi connectivity index (χ1v) is 7.64. The van der Waals surface area contributed by atoms with E-state index in [0.717, 1.165) is 10.8 Å². The van der Waals surface area contributed by atoms with E-state index in [0.29, 0.717) is 16.5 Å². The molecule has 106 valence electrons. The van der Waals surface area contributed by atoms with Crippen LogP contribution in [0.1, 0.15) is 11.4 Å². The van der Waals surface area contributed by atoms with Crippen LogP contribution in [0, 0.1) is 6.92 Å². The lowest BCUT2D eigenvalue weighted by Crippen LogP contribution is -1.96. The minimum atomic E-state index is 0.203. The van der Waals surface area contributed by atoms with Crippen LogP contribution in [0.2, 0.25) is 0 Å². The van der Waals surface area contributed by atoms with E-state index in [-0.39, 0.29) is 5.75 Å². The van der Waals surface area contributed by atoms with Gasteiger partial charge in [0, 0.05) is 5.56 Å². The molecule has 0 aliphatic carbocycles. The summed E-state index contributed by atoms with van der Waals surface area (Å²) in [6.45, 7) is 1.84. The molecule has 0 saturated carbocycles. The number of aromatic nitrogens is 3. The van der Waals surface area contributed by atoms with Crippen LogP contribution >= 0.6 is 11.8 Å². The number of hydrogen-bond donors (Lipinski definition) is 1. The highest BCUT2D eigenvalue weighted by Crippen LogP contribution is 2.25. The lowest BCUT2D eigenvalue weighted by atomic mass is 10.0. The van der Waals surface area contributed by atoms with Crippen molar-refractivity contribution in [2.45, 2.75) is 12.1 Å². The van der Waals surface area contributed by atoms with Gasteiger partial charge in [-0.25, -0.2) is 0 Å². The zero-order valence-corrected chi connectivity index (χ0v) is 12.5. The van der Waals surface area contributed by atoms with Gasteiger partial charge in [0.15, 0.2) is 5.82 Å². The molecule has 0 spiro atoms. The summed E-state index contributed by atoms with van der Waals surface area (Å²) in [5.74, 6) is 0.907. The topological polar surface area (TPSA) is 63.3 Å². The van der Waals surface area contributed by atoms with E-state index in [4.69, 9.17) is 0 Å².